The number of rotatable bonds is 6. The maximum atomic E-state index is 12.6. The van der Waals surface area contributed by atoms with E-state index in [1.807, 2.05) is 30.3 Å². The molecule has 3 rings (SSSR count). The molecule has 1 saturated carbocycles. The molecule has 0 atom stereocenters. The van der Waals surface area contributed by atoms with Crippen molar-refractivity contribution in [1.29, 1.82) is 0 Å². The Balaban J connectivity index is 1.52. The molecule has 0 unspecified atom stereocenters. The SMILES string of the molecule is O=C(COC(=O)C1(c2ccc(Cl)cc2)CCC1)NC(=O)Cc1ccccc1. The van der Waals surface area contributed by atoms with Crippen molar-refractivity contribution in [1.82, 2.24) is 5.32 Å². The minimum Gasteiger partial charge on any atom is -0.455 e. The molecule has 0 saturated heterocycles. The Kier molecular flexibility index (Phi) is 5.91. The van der Waals surface area contributed by atoms with Gasteiger partial charge in [0.1, 0.15) is 0 Å². The molecule has 140 valence electrons. The lowest BCUT2D eigenvalue weighted by Gasteiger charge is -2.39. The second-order valence-corrected chi connectivity index (χ2v) is 7.09. The average molecular weight is 386 g/mol. The fourth-order valence-corrected chi connectivity index (χ4v) is 3.32. The van der Waals surface area contributed by atoms with Gasteiger partial charge in [0.05, 0.1) is 11.8 Å². The molecule has 0 bridgehead atoms. The number of hydrogen-bond acceptors (Lipinski definition) is 4. The first-order valence-corrected chi connectivity index (χ1v) is 9.17. The van der Waals surface area contributed by atoms with Crippen molar-refractivity contribution in [3.8, 4) is 0 Å². The quantitative estimate of drug-likeness (QED) is 0.775. The maximum Gasteiger partial charge on any atom is 0.317 e. The van der Waals surface area contributed by atoms with Gasteiger partial charge >= 0.3 is 5.97 Å². The number of halogens is 1. The molecule has 2 amide bonds. The lowest BCUT2D eigenvalue weighted by atomic mass is 9.64. The van der Waals surface area contributed by atoms with E-state index in [1.165, 1.54) is 0 Å². The van der Waals surface area contributed by atoms with Crippen molar-refractivity contribution in [2.75, 3.05) is 6.61 Å². The van der Waals surface area contributed by atoms with Crippen LogP contribution in [0.25, 0.3) is 0 Å². The second-order valence-electron chi connectivity index (χ2n) is 6.65. The van der Waals surface area contributed by atoms with Gasteiger partial charge in [-0.2, -0.15) is 0 Å². The summed E-state index contributed by atoms with van der Waals surface area (Å²) in [4.78, 5) is 36.4. The van der Waals surface area contributed by atoms with Crippen molar-refractivity contribution in [2.45, 2.75) is 31.1 Å². The van der Waals surface area contributed by atoms with Crippen LogP contribution >= 0.6 is 11.6 Å². The molecule has 1 N–H and O–H groups in total. The predicted molar refractivity (Wildman–Crippen MR) is 101 cm³/mol. The van der Waals surface area contributed by atoms with Crippen molar-refractivity contribution in [3.05, 3.63) is 70.7 Å². The van der Waals surface area contributed by atoms with Crippen molar-refractivity contribution in [2.24, 2.45) is 0 Å². The van der Waals surface area contributed by atoms with E-state index in [2.05, 4.69) is 5.32 Å². The van der Waals surface area contributed by atoms with Gasteiger partial charge in [0.2, 0.25) is 5.91 Å². The Morgan fingerprint density at radius 3 is 2.22 bits per heavy atom. The summed E-state index contributed by atoms with van der Waals surface area (Å²) in [7, 11) is 0. The van der Waals surface area contributed by atoms with Crippen LogP contribution in [0.3, 0.4) is 0 Å². The van der Waals surface area contributed by atoms with E-state index in [0.29, 0.717) is 17.9 Å². The molecular weight excluding hydrogens is 366 g/mol. The van der Waals surface area contributed by atoms with Crippen LogP contribution in [0.5, 0.6) is 0 Å². The van der Waals surface area contributed by atoms with Gasteiger partial charge in [0.15, 0.2) is 6.61 Å². The largest absolute Gasteiger partial charge is 0.455 e. The molecule has 0 radical (unpaired) electrons. The first-order valence-electron chi connectivity index (χ1n) is 8.79. The third kappa shape index (κ3) is 4.55. The molecule has 2 aromatic carbocycles. The zero-order valence-corrected chi connectivity index (χ0v) is 15.5. The highest BCUT2D eigenvalue weighted by atomic mass is 35.5. The van der Waals surface area contributed by atoms with Crippen LogP contribution in [0.1, 0.15) is 30.4 Å². The molecule has 2 aromatic rings. The molecule has 0 aromatic heterocycles. The summed E-state index contributed by atoms with van der Waals surface area (Å²) in [6.07, 6.45) is 2.35. The zero-order chi connectivity index (χ0) is 19.3. The van der Waals surface area contributed by atoms with Crippen molar-refractivity contribution < 1.29 is 19.1 Å². The third-order valence-electron chi connectivity index (χ3n) is 4.82. The fraction of sp³-hybridized carbons (Fsp3) is 0.286. The number of esters is 1. The first-order chi connectivity index (χ1) is 13.0. The van der Waals surface area contributed by atoms with Gasteiger partial charge in [-0.25, -0.2) is 0 Å². The number of imide groups is 1. The number of nitrogens with one attached hydrogen (secondary N) is 1. The summed E-state index contributed by atoms with van der Waals surface area (Å²) in [5.74, 6) is -1.50. The minimum atomic E-state index is -0.723. The van der Waals surface area contributed by atoms with Gasteiger partial charge in [-0.1, -0.05) is 60.5 Å². The number of benzene rings is 2. The average Bonchev–Trinajstić information content (AvgIpc) is 2.61. The lowest BCUT2D eigenvalue weighted by molar-refractivity contribution is -0.158. The molecule has 5 nitrogen and oxygen atoms in total. The van der Waals surface area contributed by atoms with Crippen LogP contribution in [-0.4, -0.2) is 24.4 Å². The van der Waals surface area contributed by atoms with Gasteiger partial charge < -0.3 is 4.74 Å². The number of carbonyl (C=O) groups excluding carboxylic acids is 3. The van der Waals surface area contributed by atoms with E-state index >= 15 is 0 Å². The number of amides is 2. The molecule has 1 aliphatic carbocycles. The Labute approximate surface area is 162 Å². The van der Waals surface area contributed by atoms with Gasteiger partial charge in [-0.15, -0.1) is 0 Å². The standard InChI is InChI=1S/C21H20ClNO4/c22-17-9-7-16(8-10-17)21(11-4-12-21)20(26)27-14-19(25)23-18(24)13-15-5-2-1-3-6-15/h1-3,5-10H,4,11-14H2,(H,23,24,25). The van der Waals surface area contributed by atoms with Gasteiger partial charge in [-0.05, 0) is 36.1 Å². The molecule has 1 fully saturated rings. The fourth-order valence-electron chi connectivity index (χ4n) is 3.20. The summed E-state index contributed by atoms with van der Waals surface area (Å²) in [5, 5.41) is 2.84. The van der Waals surface area contributed by atoms with Crippen molar-refractivity contribution >= 4 is 29.4 Å². The molecule has 0 aliphatic heterocycles. The summed E-state index contributed by atoms with van der Waals surface area (Å²) in [6.45, 7) is -0.477. The van der Waals surface area contributed by atoms with Crippen LogP contribution in [0.15, 0.2) is 54.6 Å². The first kappa shape index (κ1) is 19.1. The Morgan fingerprint density at radius 2 is 1.63 bits per heavy atom. The minimum absolute atomic E-state index is 0.0925. The normalized spacial score (nSPS) is 14.7. The highest BCUT2D eigenvalue weighted by Crippen LogP contribution is 2.45. The number of hydrogen-bond donors (Lipinski definition) is 1. The van der Waals surface area contributed by atoms with E-state index in [4.69, 9.17) is 16.3 Å². The summed E-state index contributed by atoms with van der Waals surface area (Å²) in [5.41, 5.74) is 0.915. The molecule has 0 heterocycles. The molecule has 0 spiro atoms. The summed E-state index contributed by atoms with van der Waals surface area (Å²) >= 11 is 5.91. The van der Waals surface area contributed by atoms with Crippen LogP contribution in [0, 0.1) is 0 Å². The lowest BCUT2D eigenvalue weighted by Crippen LogP contribution is -2.45. The summed E-state index contributed by atoms with van der Waals surface area (Å²) < 4.78 is 5.21. The zero-order valence-electron chi connectivity index (χ0n) is 14.7. The highest BCUT2D eigenvalue weighted by Gasteiger charge is 2.47. The van der Waals surface area contributed by atoms with Crippen LogP contribution in [-0.2, 0) is 31.0 Å². The van der Waals surface area contributed by atoms with E-state index in [0.717, 1.165) is 17.5 Å². The monoisotopic (exact) mass is 385 g/mol. The molecule has 27 heavy (non-hydrogen) atoms. The van der Waals surface area contributed by atoms with E-state index < -0.39 is 29.8 Å². The molecular formula is C21H20ClNO4. The van der Waals surface area contributed by atoms with Gasteiger partial charge in [0.25, 0.3) is 5.91 Å². The van der Waals surface area contributed by atoms with Crippen LogP contribution < -0.4 is 5.32 Å². The molecule has 1 aliphatic rings. The van der Waals surface area contributed by atoms with E-state index in [9.17, 15) is 14.4 Å². The Bertz CT molecular complexity index is 829. The van der Waals surface area contributed by atoms with Crippen LogP contribution in [0.2, 0.25) is 5.02 Å². The Hall–Kier alpha value is -2.66. The smallest absolute Gasteiger partial charge is 0.317 e. The van der Waals surface area contributed by atoms with Gasteiger partial charge in [0, 0.05) is 5.02 Å². The predicted octanol–water partition coefficient (Wildman–Crippen LogP) is 3.19. The van der Waals surface area contributed by atoms with Crippen molar-refractivity contribution in [3.63, 3.8) is 0 Å². The molecule has 6 heteroatoms. The highest BCUT2D eigenvalue weighted by molar-refractivity contribution is 6.30. The number of carbonyl (C=O) groups is 3. The topological polar surface area (TPSA) is 72.5 Å². The Morgan fingerprint density at radius 1 is 0.963 bits per heavy atom. The summed E-state index contributed by atoms with van der Waals surface area (Å²) in [6, 6.07) is 16.2. The van der Waals surface area contributed by atoms with E-state index in [1.54, 1.807) is 24.3 Å². The maximum absolute atomic E-state index is 12.6. The van der Waals surface area contributed by atoms with Crippen LogP contribution in [0.4, 0.5) is 0 Å². The second kappa shape index (κ2) is 8.35. The van der Waals surface area contributed by atoms with E-state index in [-0.39, 0.29) is 6.42 Å². The third-order valence-corrected chi connectivity index (χ3v) is 5.07. The number of ether oxygens (including phenoxy) is 1. The van der Waals surface area contributed by atoms with Gasteiger partial charge in [-0.3, -0.25) is 19.7 Å².